The zero-order chi connectivity index (χ0) is 19.5. The van der Waals surface area contributed by atoms with Crippen molar-refractivity contribution >= 4 is 35.3 Å². The second-order valence-corrected chi connectivity index (χ2v) is 8.54. The van der Waals surface area contributed by atoms with Crippen LogP contribution in [0.25, 0.3) is 0 Å². The summed E-state index contributed by atoms with van der Waals surface area (Å²) in [7, 11) is 0. The first-order valence-electron chi connectivity index (χ1n) is 8.95. The average molecular weight is 403 g/mol. The molecule has 0 saturated carbocycles. The van der Waals surface area contributed by atoms with Crippen LogP contribution in [0.3, 0.4) is 0 Å². The Balaban J connectivity index is 1.51. The standard InChI is InChI=1S/C21H26N2O2S2/c1-16-3-7-18(8-4-16)26-13-11-20(24)22-15-23-21(25)12-14-27-19-9-5-17(2)6-10-19/h3-10H,11-15H2,1-2H3,(H,22,24)(H,23,25). The SMILES string of the molecule is Cc1ccc(SCCC(=O)NCNC(=O)CCSc2ccc(C)cc2)cc1. The van der Waals surface area contributed by atoms with Gasteiger partial charge in [-0.1, -0.05) is 35.4 Å². The molecule has 27 heavy (non-hydrogen) atoms. The van der Waals surface area contributed by atoms with Crippen LogP contribution < -0.4 is 10.6 Å². The molecular formula is C21H26N2O2S2. The van der Waals surface area contributed by atoms with E-state index in [1.807, 2.05) is 0 Å². The molecule has 0 radical (unpaired) electrons. The molecule has 0 spiro atoms. The van der Waals surface area contributed by atoms with Crippen molar-refractivity contribution in [2.24, 2.45) is 0 Å². The van der Waals surface area contributed by atoms with Gasteiger partial charge in [0.25, 0.3) is 0 Å². The first kappa shape index (κ1) is 21.4. The van der Waals surface area contributed by atoms with E-state index in [2.05, 4.69) is 73.0 Å². The summed E-state index contributed by atoms with van der Waals surface area (Å²) in [4.78, 5) is 26.0. The minimum Gasteiger partial charge on any atom is -0.339 e. The maximum Gasteiger partial charge on any atom is 0.222 e. The van der Waals surface area contributed by atoms with E-state index < -0.39 is 0 Å². The molecule has 6 heteroatoms. The van der Waals surface area contributed by atoms with Gasteiger partial charge in [0.15, 0.2) is 0 Å². The molecule has 2 aromatic rings. The molecule has 0 unspecified atom stereocenters. The molecule has 144 valence electrons. The minimum atomic E-state index is -0.0519. The van der Waals surface area contributed by atoms with Gasteiger partial charge >= 0.3 is 0 Å². The van der Waals surface area contributed by atoms with Crippen molar-refractivity contribution in [3.8, 4) is 0 Å². The fourth-order valence-corrected chi connectivity index (χ4v) is 3.91. The number of rotatable bonds is 10. The molecule has 0 heterocycles. The third-order valence-electron chi connectivity index (χ3n) is 3.81. The number of hydrogen-bond acceptors (Lipinski definition) is 4. The third kappa shape index (κ3) is 9.02. The Hall–Kier alpha value is -1.92. The summed E-state index contributed by atoms with van der Waals surface area (Å²) in [5, 5.41) is 5.46. The van der Waals surface area contributed by atoms with Crippen LogP contribution in [0.2, 0.25) is 0 Å². The Labute approximate surface area is 169 Å². The highest BCUT2D eigenvalue weighted by molar-refractivity contribution is 7.99. The van der Waals surface area contributed by atoms with Crippen molar-refractivity contribution in [1.82, 2.24) is 10.6 Å². The maximum atomic E-state index is 11.8. The van der Waals surface area contributed by atoms with Crippen LogP contribution in [0.15, 0.2) is 58.3 Å². The van der Waals surface area contributed by atoms with E-state index in [1.165, 1.54) is 11.1 Å². The zero-order valence-electron chi connectivity index (χ0n) is 15.8. The highest BCUT2D eigenvalue weighted by Crippen LogP contribution is 2.19. The first-order valence-corrected chi connectivity index (χ1v) is 10.9. The second kappa shape index (κ2) is 11.7. The number of amides is 2. The predicted molar refractivity (Wildman–Crippen MR) is 114 cm³/mol. The summed E-state index contributed by atoms with van der Waals surface area (Å²) in [5.74, 6) is 1.33. The lowest BCUT2D eigenvalue weighted by Crippen LogP contribution is -2.37. The summed E-state index contributed by atoms with van der Waals surface area (Å²) < 4.78 is 0. The Morgan fingerprint density at radius 2 is 1.07 bits per heavy atom. The highest BCUT2D eigenvalue weighted by Gasteiger charge is 2.04. The van der Waals surface area contributed by atoms with Crippen LogP contribution in [0, 0.1) is 13.8 Å². The summed E-state index contributed by atoms with van der Waals surface area (Å²) in [6.45, 7) is 4.29. The molecule has 2 amide bonds. The molecule has 0 aliphatic rings. The van der Waals surface area contributed by atoms with Crippen LogP contribution in [0.5, 0.6) is 0 Å². The minimum absolute atomic E-state index is 0.0519. The van der Waals surface area contributed by atoms with E-state index in [-0.39, 0.29) is 18.5 Å². The molecule has 2 aromatic carbocycles. The Kier molecular flexibility index (Phi) is 9.28. The smallest absolute Gasteiger partial charge is 0.222 e. The van der Waals surface area contributed by atoms with Gasteiger partial charge in [0.2, 0.25) is 11.8 Å². The quantitative estimate of drug-likeness (QED) is 0.463. The number of benzene rings is 2. The molecule has 0 aliphatic heterocycles. The Morgan fingerprint density at radius 3 is 1.44 bits per heavy atom. The van der Waals surface area contributed by atoms with Crippen LogP contribution in [0.1, 0.15) is 24.0 Å². The lowest BCUT2D eigenvalue weighted by Gasteiger charge is -2.08. The Morgan fingerprint density at radius 1 is 0.704 bits per heavy atom. The summed E-state index contributed by atoms with van der Waals surface area (Å²) in [6, 6.07) is 16.5. The van der Waals surface area contributed by atoms with Crippen LogP contribution >= 0.6 is 23.5 Å². The first-order chi connectivity index (χ1) is 13.0. The molecule has 0 atom stereocenters. The summed E-state index contributed by atoms with van der Waals surface area (Å²) in [6.07, 6.45) is 0.857. The van der Waals surface area contributed by atoms with E-state index >= 15 is 0 Å². The van der Waals surface area contributed by atoms with Gasteiger partial charge in [-0.15, -0.1) is 23.5 Å². The van der Waals surface area contributed by atoms with Crippen molar-refractivity contribution in [2.75, 3.05) is 18.2 Å². The summed E-state index contributed by atoms with van der Waals surface area (Å²) >= 11 is 3.31. The van der Waals surface area contributed by atoms with Crippen molar-refractivity contribution in [3.63, 3.8) is 0 Å². The lowest BCUT2D eigenvalue weighted by molar-refractivity contribution is -0.122. The number of hydrogen-bond donors (Lipinski definition) is 2. The Bertz CT molecular complexity index is 667. The highest BCUT2D eigenvalue weighted by atomic mass is 32.2. The number of aryl methyl sites for hydroxylation is 2. The molecular weight excluding hydrogens is 376 g/mol. The average Bonchev–Trinajstić information content (AvgIpc) is 2.65. The van der Waals surface area contributed by atoms with Gasteiger partial charge in [-0.05, 0) is 38.1 Å². The van der Waals surface area contributed by atoms with Gasteiger partial charge < -0.3 is 10.6 Å². The van der Waals surface area contributed by atoms with Gasteiger partial charge in [-0.3, -0.25) is 9.59 Å². The number of nitrogens with one attached hydrogen (secondary N) is 2. The van der Waals surface area contributed by atoms with E-state index in [1.54, 1.807) is 23.5 Å². The zero-order valence-corrected chi connectivity index (χ0v) is 17.4. The number of thioether (sulfide) groups is 2. The van der Waals surface area contributed by atoms with E-state index in [9.17, 15) is 9.59 Å². The molecule has 2 N–H and O–H groups in total. The van der Waals surface area contributed by atoms with Crippen LogP contribution in [-0.4, -0.2) is 30.0 Å². The monoisotopic (exact) mass is 402 g/mol. The van der Waals surface area contributed by atoms with Crippen molar-refractivity contribution < 1.29 is 9.59 Å². The van der Waals surface area contributed by atoms with Gasteiger partial charge in [0.05, 0.1) is 6.67 Å². The molecule has 4 nitrogen and oxygen atoms in total. The van der Waals surface area contributed by atoms with Gasteiger partial charge in [0, 0.05) is 34.1 Å². The van der Waals surface area contributed by atoms with E-state index in [4.69, 9.17) is 0 Å². The van der Waals surface area contributed by atoms with Crippen molar-refractivity contribution in [2.45, 2.75) is 36.5 Å². The lowest BCUT2D eigenvalue weighted by atomic mass is 10.2. The van der Waals surface area contributed by atoms with Gasteiger partial charge in [-0.25, -0.2) is 0 Å². The van der Waals surface area contributed by atoms with E-state index in [0.717, 1.165) is 21.3 Å². The van der Waals surface area contributed by atoms with Gasteiger partial charge in [-0.2, -0.15) is 0 Å². The van der Waals surface area contributed by atoms with Crippen LogP contribution in [0.4, 0.5) is 0 Å². The largest absolute Gasteiger partial charge is 0.339 e. The van der Waals surface area contributed by atoms with Crippen molar-refractivity contribution in [3.05, 3.63) is 59.7 Å². The van der Waals surface area contributed by atoms with E-state index in [0.29, 0.717) is 12.8 Å². The molecule has 2 rings (SSSR count). The topological polar surface area (TPSA) is 58.2 Å². The van der Waals surface area contributed by atoms with Crippen molar-refractivity contribution in [1.29, 1.82) is 0 Å². The summed E-state index contributed by atoms with van der Waals surface area (Å²) in [5.41, 5.74) is 2.45. The third-order valence-corrected chi connectivity index (χ3v) is 5.84. The van der Waals surface area contributed by atoms with Gasteiger partial charge in [0.1, 0.15) is 0 Å². The molecule has 0 aliphatic carbocycles. The molecule has 0 saturated heterocycles. The number of carbonyl (C=O) groups is 2. The fourth-order valence-electron chi connectivity index (χ4n) is 2.21. The fraction of sp³-hybridized carbons (Fsp3) is 0.333. The molecule has 0 bridgehead atoms. The number of carbonyl (C=O) groups excluding carboxylic acids is 2. The molecule has 0 fully saturated rings. The maximum absolute atomic E-state index is 11.8. The normalized spacial score (nSPS) is 10.4. The second-order valence-electron chi connectivity index (χ2n) is 6.20. The molecule has 0 aromatic heterocycles. The predicted octanol–water partition coefficient (Wildman–Crippen LogP) is 4.16. The van der Waals surface area contributed by atoms with Crippen LogP contribution in [-0.2, 0) is 9.59 Å².